The van der Waals surface area contributed by atoms with Crippen LogP contribution in [0.1, 0.15) is 11.3 Å². The smallest absolute Gasteiger partial charge is 0.103 e. The molecule has 2 heterocycles. The van der Waals surface area contributed by atoms with E-state index >= 15 is 0 Å². The Morgan fingerprint density at radius 2 is 2.32 bits per heavy atom. The highest BCUT2D eigenvalue weighted by atomic mass is 35.5. The maximum absolute atomic E-state index is 9.21. The van der Waals surface area contributed by atoms with Crippen LogP contribution in [0.15, 0.2) is 24.5 Å². The molecule has 0 unspecified atom stereocenters. The lowest BCUT2D eigenvalue weighted by Crippen LogP contribution is -2.07. The van der Waals surface area contributed by atoms with Gasteiger partial charge in [-0.3, -0.25) is 4.98 Å². The largest absolute Gasteiger partial charge is 0.383 e. The number of hydrogen-bond acceptors (Lipinski definition) is 3. The van der Waals surface area contributed by atoms with Gasteiger partial charge in [0.05, 0.1) is 22.9 Å². The molecule has 2 aromatic heterocycles. The van der Waals surface area contributed by atoms with Gasteiger partial charge >= 0.3 is 0 Å². The molecule has 0 aliphatic heterocycles. The van der Waals surface area contributed by atoms with Crippen molar-refractivity contribution in [3.8, 4) is 17.3 Å². The van der Waals surface area contributed by atoms with E-state index in [0.29, 0.717) is 23.7 Å². The Balaban J connectivity index is 2.61. The van der Waals surface area contributed by atoms with Crippen LogP contribution >= 0.6 is 11.6 Å². The third kappa shape index (κ3) is 2.48. The minimum atomic E-state index is 0.476. The highest BCUT2D eigenvalue weighted by molar-refractivity contribution is 6.34. The van der Waals surface area contributed by atoms with Crippen molar-refractivity contribution in [1.29, 1.82) is 5.26 Å². The first-order valence-corrected chi connectivity index (χ1v) is 6.26. The predicted octanol–water partition coefficient (Wildman–Crippen LogP) is 3.03. The van der Waals surface area contributed by atoms with Crippen LogP contribution in [0.4, 0.5) is 0 Å². The summed E-state index contributed by atoms with van der Waals surface area (Å²) < 4.78 is 7.11. The quantitative estimate of drug-likeness (QED) is 0.862. The molecule has 2 aromatic rings. The van der Waals surface area contributed by atoms with Crippen molar-refractivity contribution >= 4 is 11.6 Å². The van der Waals surface area contributed by atoms with Gasteiger partial charge in [0, 0.05) is 37.3 Å². The summed E-state index contributed by atoms with van der Waals surface area (Å²) in [5, 5.41) is 9.69. The molecule has 0 aliphatic rings. The minimum absolute atomic E-state index is 0.476. The summed E-state index contributed by atoms with van der Waals surface area (Å²) in [7, 11) is 1.65. The van der Waals surface area contributed by atoms with Crippen molar-refractivity contribution in [3.63, 3.8) is 0 Å². The molecule has 0 bridgehead atoms. The van der Waals surface area contributed by atoms with Crippen LogP contribution in [0.25, 0.3) is 11.3 Å². The Hall–Kier alpha value is -1.83. The Bertz CT molecular complexity index is 614. The summed E-state index contributed by atoms with van der Waals surface area (Å²) in [6.45, 7) is 3.10. The second kappa shape index (κ2) is 5.87. The van der Waals surface area contributed by atoms with Crippen molar-refractivity contribution in [1.82, 2.24) is 9.55 Å². The number of aromatic nitrogens is 2. The van der Waals surface area contributed by atoms with Gasteiger partial charge in [0.1, 0.15) is 6.07 Å². The molecule has 0 spiro atoms. The van der Waals surface area contributed by atoms with Crippen LogP contribution < -0.4 is 0 Å². The van der Waals surface area contributed by atoms with Crippen molar-refractivity contribution in [2.75, 3.05) is 13.7 Å². The van der Waals surface area contributed by atoms with E-state index in [4.69, 9.17) is 16.3 Å². The average molecular weight is 276 g/mol. The second-order valence-corrected chi connectivity index (χ2v) is 4.50. The lowest BCUT2D eigenvalue weighted by molar-refractivity contribution is 0.187. The van der Waals surface area contributed by atoms with Gasteiger partial charge in [-0.25, -0.2) is 0 Å². The molecule has 5 heteroatoms. The Morgan fingerprint density at radius 1 is 1.53 bits per heavy atom. The van der Waals surface area contributed by atoms with Gasteiger partial charge in [-0.15, -0.1) is 0 Å². The van der Waals surface area contributed by atoms with Crippen LogP contribution in [0.2, 0.25) is 5.02 Å². The van der Waals surface area contributed by atoms with Gasteiger partial charge < -0.3 is 9.30 Å². The van der Waals surface area contributed by atoms with E-state index in [0.717, 1.165) is 17.0 Å². The van der Waals surface area contributed by atoms with Crippen LogP contribution in [0, 0.1) is 18.3 Å². The summed E-state index contributed by atoms with van der Waals surface area (Å²) in [4.78, 5) is 4.10. The maximum atomic E-state index is 9.21. The van der Waals surface area contributed by atoms with Crippen LogP contribution in [-0.4, -0.2) is 23.3 Å². The van der Waals surface area contributed by atoms with Crippen LogP contribution in [-0.2, 0) is 11.3 Å². The van der Waals surface area contributed by atoms with Crippen molar-refractivity contribution in [2.24, 2.45) is 0 Å². The van der Waals surface area contributed by atoms with Gasteiger partial charge in [-0.05, 0) is 19.1 Å². The standard InChI is InChI=1S/C14H14ClN3O/c1-10-12(8-16)13(15)14(18(10)6-7-19-2)11-4-3-5-17-9-11/h3-5,9H,6-7H2,1-2H3. The van der Waals surface area contributed by atoms with E-state index < -0.39 is 0 Å². The number of ether oxygens (including phenoxy) is 1. The second-order valence-electron chi connectivity index (χ2n) is 4.12. The molecule has 19 heavy (non-hydrogen) atoms. The number of hydrogen-bond donors (Lipinski definition) is 0. The molecule has 0 saturated heterocycles. The first kappa shape index (κ1) is 13.6. The lowest BCUT2D eigenvalue weighted by Gasteiger charge is -2.11. The van der Waals surface area contributed by atoms with Gasteiger partial charge in [0.25, 0.3) is 0 Å². The molecule has 2 rings (SSSR count). The normalized spacial score (nSPS) is 10.4. The summed E-state index contributed by atoms with van der Waals surface area (Å²) >= 11 is 6.34. The van der Waals surface area contributed by atoms with Gasteiger partial charge in [-0.2, -0.15) is 5.26 Å². The zero-order valence-corrected chi connectivity index (χ0v) is 11.6. The predicted molar refractivity (Wildman–Crippen MR) is 74.0 cm³/mol. The Kier molecular flexibility index (Phi) is 4.20. The summed E-state index contributed by atoms with van der Waals surface area (Å²) in [6.07, 6.45) is 3.45. The first-order valence-electron chi connectivity index (χ1n) is 5.88. The molecule has 4 nitrogen and oxygen atoms in total. The van der Waals surface area contributed by atoms with E-state index in [9.17, 15) is 5.26 Å². The average Bonchev–Trinajstić information content (AvgIpc) is 2.68. The topological polar surface area (TPSA) is 50.8 Å². The number of halogens is 1. The lowest BCUT2D eigenvalue weighted by atomic mass is 10.2. The molecule has 98 valence electrons. The molecule has 0 aliphatic carbocycles. The highest BCUT2D eigenvalue weighted by Crippen LogP contribution is 2.34. The number of methoxy groups -OCH3 is 1. The Morgan fingerprint density at radius 3 is 2.89 bits per heavy atom. The maximum Gasteiger partial charge on any atom is 0.103 e. The molecule has 0 amide bonds. The first-order chi connectivity index (χ1) is 9.20. The Labute approximate surface area is 117 Å². The van der Waals surface area contributed by atoms with Crippen molar-refractivity contribution < 1.29 is 4.74 Å². The number of rotatable bonds is 4. The molecule has 0 atom stereocenters. The SMILES string of the molecule is COCCn1c(C)c(C#N)c(Cl)c1-c1cccnc1. The fourth-order valence-corrected chi connectivity index (χ4v) is 2.47. The highest BCUT2D eigenvalue weighted by Gasteiger charge is 2.19. The minimum Gasteiger partial charge on any atom is -0.383 e. The van der Waals surface area contributed by atoms with Crippen LogP contribution in [0.3, 0.4) is 0 Å². The monoisotopic (exact) mass is 275 g/mol. The summed E-state index contributed by atoms with van der Waals surface area (Å²) in [6, 6.07) is 5.93. The molecule has 0 N–H and O–H groups in total. The number of nitrogens with zero attached hydrogens (tertiary/aromatic N) is 3. The van der Waals surface area contributed by atoms with Crippen molar-refractivity contribution in [3.05, 3.63) is 40.8 Å². The molecule has 0 radical (unpaired) electrons. The fraction of sp³-hybridized carbons (Fsp3) is 0.286. The molecular weight excluding hydrogens is 262 g/mol. The van der Waals surface area contributed by atoms with Gasteiger partial charge in [0.2, 0.25) is 0 Å². The number of pyridine rings is 1. The zero-order chi connectivity index (χ0) is 13.8. The van der Waals surface area contributed by atoms with E-state index in [-0.39, 0.29) is 0 Å². The molecule has 0 fully saturated rings. The van der Waals surface area contributed by atoms with Gasteiger partial charge in [0.15, 0.2) is 0 Å². The van der Waals surface area contributed by atoms with Crippen LogP contribution in [0.5, 0.6) is 0 Å². The molecular formula is C14H14ClN3O. The van der Waals surface area contributed by atoms with E-state index in [1.165, 1.54) is 0 Å². The van der Waals surface area contributed by atoms with E-state index in [1.54, 1.807) is 19.5 Å². The van der Waals surface area contributed by atoms with E-state index in [1.807, 2.05) is 23.6 Å². The fourth-order valence-electron chi connectivity index (χ4n) is 2.08. The third-order valence-electron chi connectivity index (χ3n) is 3.03. The number of nitriles is 1. The molecule has 0 saturated carbocycles. The summed E-state index contributed by atoms with van der Waals surface area (Å²) in [5.74, 6) is 0. The van der Waals surface area contributed by atoms with Gasteiger partial charge in [-0.1, -0.05) is 11.6 Å². The summed E-state index contributed by atoms with van der Waals surface area (Å²) in [5.41, 5.74) is 3.08. The molecule has 0 aromatic carbocycles. The van der Waals surface area contributed by atoms with Crippen molar-refractivity contribution in [2.45, 2.75) is 13.5 Å². The zero-order valence-electron chi connectivity index (χ0n) is 10.9. The third-order valence-corrected chi connectivity index (χ3v) is 3.40. The van der Waals surface area contributed by atoms with E-state index in [2.05, 4.69) is 11.1 Å².